The summed E-state index contributed by atoms with van der Waals surface area (Å²) in [5.74, 6) is -1.07. The number of carbonyl (C=O) groups is 1. The fourth-order valence-corrected chi connectivity index (χ4v) is 3.02. The normalized spacial score (nSPS) is 13.7. The first-order valence-electron chi connectivity index (χ1n) is 7.92. The van der Waals surface area contributed by atoms with Crippen LogP contribution in [0.2, 0.25) is 0 Å². The van der Waals surface area contributed by atoms with Crippen LogP contribution >= 0.6 is 0 Å². The van der Waals surface area contributed by atoms with Crippen molar-refractivity contribution in [1.82, 2.24) is 24.5 Å². The predicted octanol–water partition coefficient (Wildman–Crippen LogP) is 0.930. The largest absolute Gasteiger partial charge is 0.503 e. The summed E-state index contributed by atoms with van der Waals surface area (Å²) in [6.07, 6.45) is 3.00. The van der Waals surface area contributed by atoms with Crippen molar-refractivity contribution < 1.29 is 14.3 Å². The molecule has 2 aromatic heterocycles. The quantitative estimate of drug-likeness (QED) is 0.754. The van der Waals surface area contributed by atoms with Crippen molar-refractivity contribution >= 4 is 5.91 Å². The molecule has 0 aliphatic carbocycles. The lowest BCUT2D eigenvalue weighted by atomic mass is 10.1. The molecular formula is C17H14FN5O3. The smallest absolute Gasteiger partial charge is 0.274 e. The van der Waals surface area contributed by atoms with Crippen LogP contribution in [0.25, 0.3) is 5.82 Å². The lowest BCUT2D eigenvalue weighted by molar-refractivity contribution is 0.0682. The zero-order valence-electron chi connectivity index (χ0n) is 13.5. The maximum absolute atomic E-state index is 13.1. The number of pyridine rings is 1. The van der Waals surface area contributed by atoms with Crippen molar-refractivity contribution in [3.05, 3.63) is 70.0 Å². The number of aromatic hydroxyl groups is 1. The molecule has 1 N–H and O–H groups in total. The average Bonchev–Trinajstić information content (AvgIpc) is 3.16. The second-order valence-electron chi connectivity index (χ2n) is 5.92. The van der Waals surface area contributed by atoms with Crippen LogP contribution in [0.15, 0.2) is 47.5 Å². The second-order valence-corrected chi connectivity index (χ2v) is 5.92. The molecule has 4 rings (SSSR count). The number of fused-ring (bicyclic) bond motifs is 1. The van der Waals surface area contributed by atoms with E-state index in [1.165, 1.54) is 34.0 Å². The van der Waals surface area contributed by atoms with E-state index in [0.29, 0.717) is 18.9 Å². The zero-order valence-corrected chi connectivity index (χ0v) is 13.5. The van der Waals surface area contributed by atoms with Gasteiger partial charge in [0.2, 0.25) is 5.43 Å². The van der Waals surface area contributed by atoms with E-state index >= 15 is 0 Å². The van der Waals surface area contributed by atoms with Gasteiger partial charge in [0, 0.05) is 25.7 Å². The van der Waals surface area contributed by atoms with E-state index in [0.717, 1.165) is 5.56 Å². The fourth-order valence-electron chi connectivity index (χ4n) is 3.02. The Balaban J connectivity index is 1.74. The van der Waals surface area contributed by atoms with Crippen LogP contribution in [-0.4, -0.2) is 42.0 Å². The van der Waals surface area contributed by atoms with Gasteiger partial charge in [-0.2, -0.15) is 0 Å². The third-order valence-corrected chi connectivity index (χ3v) is 4.29. The van der Waals surface area contributed by atoms with Crippen LogP contribution in [0.1, 0.15) is 16.1 Å². The maximum atomic E-state index is 13.1. The Kier molecular flexibility index (Phi) is 3.76. The van der Waals surface area contributed by atoms with E-state index in [9.17, 15) is 19.1 Å². The van der Waals surface area contributed by atoms with Crippen LogP contribution in [-0.2, 0) is 13.1 Å². The molecule has 0 spiro atoms. The highest BCUT2D eigenvalue weighted by Crippen LogP contribution is 2.24. The Morgan fingerprint density at radius 3 is 2.62 bits per heavy atom. The molecular weight excluding hydrogens is 341 g/mol. The predicted molar refractivity (Wildman–Crippen MR) is 88.4 cm³/mol. The summed E-state index contributed by atoms with van der Waals surface area (Å²) in [6.45, 7) is 0.985. The summed E-state index contributed by atoms with van der Waals surface area (Å²) in [7, 11) is 0. The van der Waals surface area contributed by atoms with E-state index in [-0.39, 0.29) is 18.1 Å². The second kappa shape index (κ2) is 6.10. The lowest BCUT2D eigenvalue weighted by Gasteiger charge is -2.31. The van der Waals surface area contributed by atoms with Crippen LogP contribution in [0.5, 0.6) is 5.75 Å². The number of nitrogens with zero attached hydrogens (tertiary/aromatic N) is 5. The molecule has 0 unspecified atom stereocenters. The Bertz CT molecular complexity index is 1030. The first-order chi connectivity index (χ1) is 12.5. The van der Waals surface area contributed by atoms with Gasteiger partial charge in [-0.05, 0) is 17.7 Å². The summed E-state index contributed by atoms with van der Waals surface area (Å²) in [5, 5.41) is 17.7. The van der Waals surface area contributed by atoms with Crippen LogP contribution in [0.3, 0.4) is 0 Å². The summed E-state index contributed by atoms with van der Waals surface area (Å²) in [4.78, 5) is 26.5. The average molecular weight is 355 g/mol. The standard InChI is InChI=1S/C17H14FN5O3/c18-12-3-1-11(2-4-12)10-21-7-8-22-14(23-6-5-19-20-23)9-13(24)16(25)15(22)17(21)26/h1-6,9,25H,7-8,10H2. The Morgan fingerprint density at radius 2 is 1.92 bits per heavy atom. The molecule has 1 amide bonds. The first-order valence-corrected chi connectivity index (χ1v) is 7.92. The minimum atomic E-state index is -0.668. The number of hydrogen-bond acceptors (Lipinski definition) is 5. The van der Waals surface area contributed by atoms with Gasteiger partial charge in [0.1, 0.15) is 11.6 Å². The molecule has 0 saturated heterocycles. The van der Waals surface area contributed by atoms with Gasteiger partial charge >= 0.3 is 0 Å². The first kappa shape index (κ1) is 16.0. The van der Waals surface area contributed by atoms with Crippen LogP contribution < -0.4 is 5.43 Å². The molecule has 8 nitrogen and oxygen atoms in total. The summed E-state index contributed by atoms with van der Waals surface area (Å²) in [6, 6.07) is 7.05. The van der Waals surface area contributed by atoms with Crippen molar-refractivity contribution in [2.45, 2.75) is 13.1 Å². The summed E-state index contributed by atoms with van der Waals surface area (Å²) >= 11 is 0. The molecule has 1 aromatic carbocycles. The van der Waals surface area contributed by atoms with Crippen molar-refractivity contribution in [3.63, 3.8) is 0 Å². The van der Waals surface area contributed by atoms with Gasteiger partial charge in [0.25, 0.3) is 5.91 Å². The maximum Gasteiger partial charge on any atom is 0.274 e. The number of benzene rings is 1. The van der Waals surface area contributed by atoms with Gasteiger partial charge in [-0.15, -0.1) is 5.10 Å². The highest BCUT2D eigenvalue weighted by molar-refractivity contribution is 5.96. The van der Waals surface area contributed by atoms with Gasteiger partial charge in [-0.1, -0.05) is 17.3 Å². The number of rotatable bonds is 3. The molecule has 9 heteroatoms. The minimum absolute atomic E-state index is 0.0867. The number of hydrogen-bond donors (Lipinski definition) is 1. The minimum Gasteiger partial charge on any atom is -0.503 e. The van der Waals surface area contributed by atoms with E-state index in [1.54, 1.807) is 22.9 Å². The van der Waals surface area contributed by atoms with Crippen molar-refractivity contribution in [2.24, 2.45) is 0 Å². The molecule has 1 aliphatic rings. The van der Waals surface area contributed by atoms with Crippen LogP contribution in [0.4, 0.5) is 4.39 Å². The summed E-state index contributed by atoms with van der Waals surface area (Å²) < 4.78 is 16.0. The SMILES string of the molecule is O=C1c2c(O)c(=O)cc(-n3ccnn3)n2CCN1Cc1ccc(F)cc1. The van der Waals surface area contributed by atoms with Gasteiger partial charge < -0.3 is 14.6 Å². The van der Waals surface area contributed by atoms with Crippen LogP contribution in [0, 0.1) is 5.82 Å². The molecule has 3 aromatic rings. The topological polar surface area (TPSA) is 93.2 Å². The monoisotopic (exact) mass is 355 g/mol. The Labute approximate surface area is 146 Å². The molecule has 0 atom stereocenters. The van der Waals surface area contributed by atoms with Crippen molar-refractivity contribution in [1.29, 1.82) is 0 Å². The number of halogens is 1. The lowest BCUT2D eigenvalue weighted by Crippen LogP contribution is -2.42. The van der Waals surface area contributed by atoms with Gasteiger partial charge in [0.05, 0.1) is 12.4 Å². The van der Waals surface area contributed by atoms with Gasteiger partial charge in [-0.3, -0.25) is 9.59 Å². The number of amides is 1. The van der Waals surface area contributed by atoms with E-state index in [1.807, 2.05) is 0 Å². The van der Waals surface area contributed by atoms with E-state index in [2.05, 4.69) is 10.3 Å². The number of carbonyl (C=O) groups excluding carboxylic acids is 1. The molecule has 0 saturated carbocycles. The molecule has 26 heavy (non-hydrogen) atoms. The molecule has 132 valence electrons. The Morgan fingerprint density at radius 1 is 1.15 bits per heavy atom. The molecule has 0 bridgehead atoms. The van der Waals surface area contributed by atoms with Crippen molar-refractivity contribution in [2.75, 3.05) is 6.54 Å². The highest BCUT2D eigenvalue weighted by atomic mass is 19.1. The molecule has 1 aliphatic heterocycles. The zero-order chi connectivity index (χ0) is 18.3. The van der Waals surface area contributed by atoms with Crippen molar-refractivity contribution in [3.8, 4) is 11.6 Å². The molecule has 0 fully saturated rings. The number of aromatic nitrogens is 4. The third kappa shape index (κ3) is 2.63. The molecule has 3 heterocycles. The van der Waals surface area contributed by atoms with E-state index in [4.69, 9.17) is 0 Å². The molecule has 0 radical (unpaired) electrons. The van der Waals surface area contributed by atoms with E-state index < -0.39 is 17.1 Å². The highest BCUT2D eigenvalue weighted by Gasteiger charge is 2.30. The van der Waals surface area contributed by atoms with Gasteiger partial charge in [-0.25, -0.2) is 9.07 Å². The third-order valence-electron chi connectivity index (χ3n) is 4.29. The van der Waals surface area contributed by atoms with Gasteiger partial charge in [0.15, 0.2) is 11.4 Å². The summed E-state index contributed by atoms with van der Waals surface area (Å²) in [5.41, 5.74) is -0.00226. The fraction of sp³-hybridized carbons (Fsp3) is 0.176. The Hall–Kier alpha value is -3.49.